The Morgan fingerprint density at radius 2 is 2.14 bits per heavy atom. The molecule has 21 heavy (non-hydrogen) atoms. The van der Waals surface area contributed by atoms with Crippen molar-refractivity contribution >= 4 is 23.5 Å². The van der Waals surface area contributed by atoms with Crippen LogP contribution in [0.25, 0.3) is 0 Å². The zero-order chi connectivity index (χ0) is 15.2. The number of thioether (sulfide) groups is 2. The number of rotatable bonds is 7. The fraction of sp³-hybridized carbons (Fsp3) is 0.812. The lowest BCUT2D eigenvalue weighted by Gasteiger charge is -2.35. The van der Waals surface area contributed by atoms with Crippen LogP contribution in [0, 0.1) is 6.92 Å². The normalized spacial score (nSPS) is 24.2. The van der Waals surface area contributed by atoms with Crippen LogP contribution in [-0.4, -0.2) is 44.4 Å². The third-order valence-electron chi connectivity index (χ3n) is 4.00. The third kappa shape index (κ3) is 4.67. The van der Waals surface area contributed by atoms with Crippen LogP contribution in [0.5, 0.6) is 0 Å². The van der Waals surface area contributed by atoms with E-state index in [4.69, 9.17) is 0 Å². The third-order valence-corrected chi connectivity index (χ3v) is 7.26. The molecule has 0 aromatic carbocycles. The summed E-state index contributed by atoms with van der Waals surface area (Å²) in [7, 11) is 0. The maximum Gasteiger partial charge on any atom is 0.0596 e. The minimum absolute atomic E-state index is 0.555. The van der Waals surface area contributed by atoms with Crippen molar-refractivity contribution in [3.63, 3.8) is 0 Å². The van der Waals surface area contributed by atoms with Crippen LogP contribution >= 0.6 is 23.5 Å². The highest BCUT2D eigenvalue weighted by Crippen LogP contribution is 2.34. The van der Waals surface area contributed by atoms with Crippen molar-refractivity contribution in [2.75, 3.05) is 18.1 Å². The molecule has 0 saturated carbocycles. The molecule has 1 N–H and O–H groups in total. The molecule has 1 aliphatic heterocycles. The average Bonchev–Trinajstić information content (AvgIpc) is 2.84. The molecule has 3 nitrogen and oxygen atoms in total. The van der Waals surface area contributed by atoms with Crippen LogP contribution < -0.4 is 5.32 Å². The smallest absolute Gasteiger partial charge is 0.0596 e. The Bertz CT molecular complexity index is 433. The zero-order valence-electron chi connectivity index (χ0n) is 13.8. The summed E-state index contributed by atoms with van der Waals surface area (Å²) in [6.45, 7) is 11.0. The quantitative estimate of drug-likeness (QED) is 0.832. The van der Waals surface area contributed by atoms with E-state index in [0.717, 1.165) is 30.5 Å². The van der Waals surface area contributed by atoms with Crippen LogP contribution in [0.1, 0.15) is 38.6 Å². The summed E-state index contributed by atoms with van der Waals surface area (Å²) in [5.74, 6) is 2.59. The fourth-order valence-corrected chi connectivity index (χ4v) is 5.95. The van der Waals surface area contributed by atoms with Gasteiger partial charge in [0, 0.05) is 46.7 Å². The summed E-state index contributed by atoms with van der Waals surface area (Å²) < 4.78 is 2.17. The number of aromatic nitrogens is 2. The molecule has 2 heterocycles. The van der Waals surface area contributed by atoms with Gasteiger partial charge in [0.05, 0.1) is 5.69 Å². The second-order valence-corrected chi connectivity index (χ2v) is 8.54. The standard InChI is InChI=1S/C16H29N3S2/c1-5-7-17-15(16-13(4)20-8-9-21-16)11-14-10-12(3)18-19(14)6-2/h10,13,15-17H,5-9,11H2,1-4H3. The molecule has 1 aromatic rings. The largest absolute Gasteiger partial charge is 0.312 e. The number of aryl methyl sites for hydroxylation is 2. The van der Waals surface area contributed by atoms with Crippen molar-refractivity contribution in [2.45, 2.75) is 63.6 Å². The van der Waals surface area contributed by atoms with Gasteiger partial charge in [-0.1, -0.05) is 13.8 Å². The first-order valence-corrected chi connectivity index (χ1v) is 10.2. The second kappa shape index (κ2) is 8.49. The lowest BCUT2D eigenvalue weighted by molar-refractivity contribution is 0.468. The van der Waals surface area contributed by atoms with Crippen molar-refractivity contribution in [1.82, 2.24) is 15.1 Å². The van der Waals surface area contributed by atoms with E-state index in [2.05, 4.69) is 72.4 Å². The van der Waals surface area contributed by atoms with Gasteiger partial charge in [-0.05, 0) is 32.9 Å². The molecule has 2 rings (SSSR count). The summed E-state index contributed by atoms with van der Waals surface area (Å²) >= 11 is 4.29. The summed E-state index contributed by atoms with van der Waals surface area (Å²) in [6.07, 6.45) is 2.29. The van der Waals surface area contributed by atoms with Gasteiger partial charge in [0.1, 0.15) is 0 Å². The topological polar surface area (TPSA) is 29.9 Å². The molecule has 0 radical (unpaired) electrons. The molecule has 3 atom stereocenters. The molecule has 0 amide bonds. The van der Waals surface area contributed by atoms with Crippen LogP contribution in [0.4, 0.5) is 0 Å². The van der Waals surface area contributed by atoms with E-state index in [1.54, 1.807) is 0 Å². The summed E-state index contributed by atoms with van der Waals surface area (Å²) in [5, 5.41) is 9.84. The molecule has 1 fully saturated rings. The van der Waals surface area contributed by atoms with E-state index in [0.29, 0.717) is 11.3 Å². The van der Waals surface area contributed by atoms with E-state index in [-0.39, 0.29) is 0 Å². The Kier molecular flexibility index (Phi) is 6.96. The van der Waals surface area contributed by atoms with Gasteiger partial charge in [-0.25, -0.2) is 0 Å². The molecule has 5 heteroatoms. The molecule has 0 bridgehead atoms. The predicted molar refractivity (Wildman–Crippen MR) is 96.6 cm³/mol. The van der Waals surface area contributed by atoms with E-state index >= 15 is 0 Å². The Morgan fingerprint density at radius 1 is 1.38 bits per heavy atom. The van der Waals surface area contributed by atoms with Crippen molar-refractivity contribution in [2.24, 2.45) is 0 Å². The molecule has 1 aromatic heterocycles. The Balaban J connectivity index is 2.11. The van der Waals surface area contributed by atoms with Gasteiger partial charge in [0.15, 0.2) is 0 Å². The van der Waals surface area contributed by atoms with Crippen molar-refractivity contribution < 1.29 is 0 Å². The highest BCUT2D eigenvalue weighted by atomic mass is 32.2. The van der Waals surface area contributed by atoms with Gasteiger partial charge in [0.2, 0.25) is 0 Å². The molecule has 1 saturated heterocycles. The van der Waals surface area contributed by atoms with Gasteiger partial charge in [-0.2, -0.15) is 28.6 Å². The highest BCUT2D eigenvalue weighted by molar-refractivity contribution is 8.07. The number of nitrogens with zero attached hydrogens (tertiary/aromatic N) is 2. The summed E-state index contributed by atoms with van der Waals surface area (Å²) in [5.41, 5.74) is 2.52. The first-order chi connectivity index (χ1) is 10.2. The lowest BCUT2D eigenvalue weighted by atomic mass is 10.0. The van der Waals surface area contributed by atoms with Crippen LogP contribution in [0.2, 0.25) is 0 Å². The number of hydrogen-bond acceptors (Lipinski definition) is 4. The maximum atomic E-state index is 4.60. The molecule has 0 aliphatic carbocycles. The van der Waals surface area contributed by atoms with Crippen LogP contribution in [0.15, 0.2) is 6.07 Å². The SMILES string of the molecule is CCCNC(Cc1cc(C)nn1CC)C1SCCSC1C. The maximum absolute atomic E-state index is 4.60. The minimum Gasteiger partial charge on any atom is -0.312 e. The minimum atomic E-state index is 0.555. The first kappa shape index (κ1) is 17.2. The van der Waals surface area contributed by atoms with E-state index in [1.165, 1.54) is 23.6 Å². The van der Waals surface area contributed by atoms with Gasteiger partial charge in [0.25, 0.3) is 0 Å². The van der Waals surface area contributed by atoms with Crippen molar-refractivity contribution in [1.29, 1.82) is 0 Å². The van der Waals surface area contributed by atoms with Gasteiger partial charge in [-0.15, -0.1) is 0 Å². The molecular weight excluding hydrogens is 298 g/mol. The predicted octanol–water partition coefficient (Wildman–Crippen LogP) is 3.36. The van der Waals surface area contributed by atoms with E-state index < -0.39 is 0 Å². The molecule has 120 valence electrons. The number of nitrogens with one attached hydrogen (secondary N) is 1. The molecule has 3 unspecified atom stereocenters. The highest BCUT2D eigenvalue weighted by Gasteiger charge is 2.30. The van der Waals surface area contributed by atoms with Crippen molar-refractivity contribution in [3.8, 4) is 0 Å². The monoisotopic (exact) mass is 327 g/mol. The molecule has 0 spiro atoms. The second-order valence-electron chi connectivity index (χ2n) is 5.77. The fourth-order valence-electron chi connectivity index (χ4n) is 2.99. The first-order valence-electron chi connectivity index (χ1n) is 8.15. The molecular formula is C16H29N3S2. The average molecular weight is 328 g/mol. The Hall–Kier alpha value is -0.130. The molecule has 1 aliphatic rings. The van der Waals surface area contributed by atoms with Gasteiger partial charge >= 0.3 is 0 Å². The van der Waals surface area contributed by atoms with Crippen LogP contribution in [-0.2, 0) is 13.0 Å². The van der Waals surface area contributed by atoms with E-state index in [9.17, 15) is 0 Å². The summed E-state index contributed by atoms with van der Waals surface area (Å²) in [6, 6.07) is 2.81. The van der Waals surface area contributed by atoms with E-state index in [1.807, 2.05) is 0 Å². The van der Waals surface area contributed by atoms with Gasteiger partial charge < -0.3 is 5.32 Å². The summed E-state index contributed by atoms with van der Waals surface area (Å²) in [4.78, 5) is 0. The lowest BCUT2D eigenvalue weighted by Crippen LogP contribution is -2.46. The van der Waals surface area contributed by atoms with Crippen LogP contribution in [0.3, 0.4) is 0 Å². The Labute approximate surface area is 138 Å². The Morgan fingerprint density at radius 3 is 2.81 bits per heavy atom. The number of hydrogen-bond donors (Lipinski definition) is 1. The van der Waals surface area contributed by atoms with Crippen molar-refractivity contribution in [3.05, 3.63) is 17.5 Å². The zero-order valence-corrected chi connectivity index (χ0v) is 15.4. The van der Waals surface area contributed by atoms with Gasteiger partial charge in [-0.3, -0.25) is 4.68 Å².